The molecule has 7 heteroatoms. The van der Waals surface area contributed by atoms with Gasteiger partial charge in [-0.2, -0.15) is 0 Å². The van der Waals surface area contributed by atoms with Gasteiger partial charge in [0.25, 0.3) is 0 Å². The fourth-order valence-electron chi connectivity index (χ4n) is 2.82. The summed E-state index contributed by atoms with van der Waals surface area (Å²) in [7, 11) is 0. The lowest BCUT2D eigenvalue weighted by Crippen LogP contribution is -2.38. The molecule has 2 unspecified atom stereocenters. The SMILES string of the molecule is CC1CC1N(Cc1ncc(-c2ccc(Br)cc2F)[nH]1)C(=O)OC(C)(C)C. The number of amides is 1. The van der Waals surface area contributed by atoms with Gasteiger partial charge in [0.2, 0.25) is 0 Å². The average Bonchev–Trinajstić information content (AvgIpc) is 3.04. The highest BCUT2D eigenvalue weighted by Gasteiger charge is 2.42. The van der Waals surface area contributed by atoms with Crippen LogP contribution in [0.5, 0.6) is 0 Å². The van der Waals surface area contributed by atoms with Crippen LogP contribution in [-0.4, -0.2) is 32.6 Å². The van der Waals surface area contributed by atoms with E-state index in [0.717, 1.165) is 6.42 Å². The predicted octanol–water partition coefficient (Wildman–Crippen LogP) is 5.12. The molecule has 1 amide bonds. The van der Waals surface area contributed by atoms with E-state index in [-0.39, 0.29) is 18.0 Å². The van der Waals surface area contributed by atoms with Gasteiger partial charge in [-0.25, -0.2) is 14.2 Å². The second-order valence-electron chi connectivity index (χ2n) is 7.76. The molecule has 3 rings (SSSR count). The minimum atomic E-state index is -0.553. The van der Waals surface area contributed by atoms with E-state index in [2.05, 4.69) is 32.8 Å². The summed E-state index contributed by atoms with van der Waals surface area (Å²) in [5.74, 6) is 0.711. The molecule has 1 aliphatic rings. The molecule has 1 heterocycles. The number of benzene rings is 1. The van der Waals surface area contributed by atoms with Crippen LogP contribution in [0.3, 0.4) is 0 Å². The van der Waals surface area contributed by atoms with Crippen LogP contribution in [0.1, 0.15) is 39.9 Å². The Morgan fingerprint density at radius 2 is 2.15 bits per heavy atom. The highest BCUT2D eigenvalue weighted by Crippen LogP contribution is 2.36. The van der Waals surface area contributed by atoms with E-state index in [1.54, 1.807) is 23.2 Å². The molecular weight excluding hydrogens is 401 g/mol. The van der Waals surface area contributed by atoms with Crippen molar-refractivity contribution in [2.24, 2.45) is 5.92 Å². The molecule has 1 saturated carbocycles. The maximum Gasteiger partial charge on any atom is 0.410 e. The molecule has 26 heavy (non-hydrogen) atoms. The Bertz CT molecular complexity index is 815. The molecule has 1 aromatic carbocycles. The number of imidazole rings is 1. The van der Waals surface area contributed by atoms with Gasteiger partial charge in [-0.3, -0.25) is 4.90 Å². The summed E-state index contributed by atoms with van der Waals surface area (Å²) < 4.78 is 20.4. The number of rotatable bonds is 4. The molecule has 2 atom stereocenters. The average molecular weight is 424 g/mol. The van der Waals surface area contributed by atoms with Crippen molar-refractivity contribution in [1.29, 1.82) is 0 Å². The summed E-state index contributed by atoms with van der Waals surface area (Å²) >= 11 is 3.25. The summed E-state index contributed by atoms with van der Waals surface area (Å²) in [5.41, 5.74) is 0.469. The zero-order valence-corrected chi connectivity index (χ0v) is 16.9. The predicted molar refractivity (Wildman–Crippen MR) is 101 cm³/mol. The van der Waals surface area contributed by atoms with Crippen LogP contribution in [0.15, 0.2) is 28.9 Å². The molecule has 2 aromatic rings. The van der Waals surface area contributed by atoms with Crippen molar-refractivity contribution in [3.8, 4) is 11.3 Å². The van der Waals surface area contributed by atoms with E-state index in [4.69, 9.17) is 4.74 Å². The number of halogens is 2. The van der Waals surface area contributed by atoms with Crippen molar-refractivity contribution >= 4 is 22.0 Å². The van der Waals surface area contributed by atoms with Gasteiger partial charge >= 0.3 is 6.09 Å². The monoisotopic (exact) mass is 423 g/mol. The van der Waals surface area contributed by atoms with Crippen molar-refractivity contribution in [2.45, 2.75) is 52.3 Å². The van der Waals surface area contributed by atoms with Gasteiger partial charge in [0, 0.05) is 16.1 Å². The number of aromatic amines is 1. The van der Waals surface area contributed by atoms with E-state index >= 15 is 0 Å². The molecule has 0 radical (unpaired) electrons. The summed E-state index contributed by atoms with van der Waals surface area (Å²) in [6.07, 6.45) is 2.19. The van der Waals surface area contributed by atoms with Crippen LogP contribution in [0.25, 0.3) is 11.3 Å². The third-order valence-corrected chi connectivity index (χ3v) is 4.76. The Labute approximate surface area is 161 Å². The van der Waals surface area contributed by atoms with Gasteiger partial charge in [0.1, 0.15) is 17.2 Å². The van der Waals surface area contributed by atoms with Crippen LogP contribution in [-0.2, 0) is 11.3 Å². The van der Waals surface area contributed by atoms with Crippen LogP contribution in [0.4, 0.5) is 9.18 Å². The number of nitrogens with zero attached hydrogens (tertiary/aromatic N) is 2. The zero-order valence-electron chi connectivity index (χ0n) is 15.3. The lowest BCUT2D eigenvalue weighted by atomic mass is 10.1. The van der Waals surface area contributed by atoms with Gasteiger partial charge in [-0.1, -0.05) is 22.9 Å². The van der Waals surface area contributed by atoms with Crippen LogP contribution < -0.4 is 0 Å². The standard InChI is InChI=1S/C19H23BrFN3O2/c1-11-7-16(11)24(18(25)26-19(2,3)4)10-17-22-9-15(23-17)13-6-5-12(20)8-14(13)21/h5-6,8-9,11,16H,7,10H2,1-4H3,(H,22,23). The first-order chi connectivity index (χ1) is 12.1. The van der Waals surface area contributed by atoms with E-state index in [1.165, 1.54) is 6.07 Å². The summed E-state index contributed by atoms with van der Waals surface area (Å²) in [6, 6.07) is 5.03. The molecule has 0 bridgehead atoms. The Morgan fingerprint density at radius 1 is 1.46 bits per heavy atom. The minimum absolute atomic E-state index is 0.155. The van der Waals surface area contributed by atoms with Crippen molar-refractivity contribution in [2.75, 3.05) is 0 Å². The molecule has 0 spiro atoms. The molecule has 140 valence electrons. The van der Waals surface area contributed by atoms with E-state index in [9.17, 15) is 9.18 Å². The third-order valence-electron chi connectivity index (χ3n) is 4.27. The van der Waals surface area contributed by atoms with Crippen molar-refractivity contribution in [3.05, 3.63) is 40.5 Å². The third kappa shape index (κ3) is 4.44. The zero-order chi connectivity index (χ0) is 19.1. The molecular formula is C19H23BrFN3O2. The number of H-pyrrole nitrogens is 1. The lowest BCUT2D eigenvalue weighted by Gasteiger charge is -2.27. The number of hydrogen-bond acceptors (Lipinski definition) is 3. The molecule has 5 nitrogen and oxygen atoms in total. The van der Waals surface area contributed by atoms with Gasteiger partial charge in [0.05, 0.1) is 18.4 Å². The minimum Gasteiger partial charge on any atom is -0.444 e. The maximum atomic E-state index is 14.1. The van der Waals surface area contributed by atoms with Gasteiger partial charge in [-0.15, -0.1) is 0 Å². The van der Waals surface area contributed by atoms with Gasteiger partial charge in [0.15, 0.2) is 0 Å². The molecule has 0 saturated heterocycles. The summed E-state index contributed by atoms with van der Waals surface area (Å²) in [4.78, 5) is 21.7. The Kier molecular flexibility index (Phi) is 5.10. The van der Waals surface area contributed by atoms with E-state index < -0.39 is 5.60 Å². The van der Waals surface area contributed by atoms with E-state index in [1.807, 2.05) is 20.8 Å². The van der Waals surface area contributed by atoms with Crippen molar-refractivity contribution < 1.29 is 13.9 Å². The fraction of sp³-hybridized carbons (Fsp3) is 0.474. The number of carbonyl (C=O) groups is 1. The Balaban J connectivity index is 1.78. The normalized spacial score (nSPS) is 19.3. The molecule has 1 aliphatic carbocycles. The smallest absolute Gasteiger partial charge is 0.410 e. The number of carbonyl (C=O) groups excluding carboxylic acids is 1. The largest absolute Gasteiger partial charge is 0.444 e. The van der Waals surface area contributed by atoms with Gasteiger partial charge < -0.3 is 9.72 Å². The first-order valence-electron chi connectivity index (χ1n) is 8.63. The second kappa shape index (κ2) is 7.02. The van der Waals surface area contributed by atoms with Crippen molar-refractivity contribution in [1.82, 2.24) is 14.9 Å². The van der Waals surface area contributed by atoms with Crippen LogP contribution >= 0.6 is 15.9 Å². The molecule has 0 aliphatic heterocycles. The number of hydrogen-bond donors (Lipinski definition) is 1. The number of aromatic nitrogens is 2. The Hall–Kier alpha value is -1.89. The number of ether oxygens (including phenoxy) is 1. The fourth-order valence-corrected chi connectivity index (χ4v) is 3.16. The first kappa shape index (κ1) is 18.9. The molecule has 1 aromatic heterocycles. The second-order valence-corrected chi connectivity index (χ2v) is 8.67. The molecule has 1 fully saturated rings. The number of nitrogens with one attached hydrogen (secondary N) is 1. The molecule has 1 N–H and O–H groups in total. The first-order valence-corrected chi connectivity index (χ1v) is 9.42. The van der Waals surface area contributed by atoms with E-state index in [0.29, 0.717) is 34.0 Å². The van der Waals surface area contributed by atoms with Gasteiger partial charge in [-0.05, 0) is 51.3 Å². The topological polar surface area (TPSA) is 58.2 Å². The highest BCUT2D eigenvalue weighted by molar-refractivity contribution is 9.10. The van der Waals surface area contributed by atoms with Crippen molar-refractivity contribution in [3.63, 3.8) is 0 Å². The quantitative estimate of drug-likeness (QED) is 0.741. The van der Waals surface area contributed by atoms with Crippen LogP contribution in [0, 0.1) is 11.7 Å². The maximum absolute atomic E-state index is 14.1. The summed E-state index contributed by atoms with van der Waals surface area (Å²) in [5, 5.41) is 0. The lowest BCUT2D eigenvalue weighted by molar-refractivity contribution is 0.0203. The highest BCUT2D eigenvalue weighted by atomic mass is 79.9. The Morgan fingerprint density at radius 3 is 2.73 bits per heavy atom. The summed E-state index contributed by atoms with van der Waals surface area (Å²) in [6.45, 7) is 7.96. The van der Waals surface area contributed by atoms with Crippen LogP contribution in [0.2, 0.25) is 0 Å².